The van der Waals surface area contributed by atoms with E-state index in [9.17, 15) is 4.39 Å². The number of hydrogen-bond acceptors (Lipinski definition) is 1. The van der Waals surface area contributed by atoms with E-state index in [0.717, 1.165) is 23.4 Å². The van der Waals surface area contributed by atoms with E-state index in [2.05, 4.69) is 0 Å². The molecule has 0 saturated heterocycles. The molecule has 0 spiro atoms. The van der Waals surface area contributed by atoms with Crippen molar-refractivity contribution in [2.45, 2.75) is 25.9 Å². The molecule has 84 valence electrons. The summed E-state index contributed by atoms with van der Waals surface area (Å²) in [4.78, 5) is 0. The third-order valence-corrected chi connectivity index (χ3v) is 2.32. The van der Waals surface area contributed by atoms with Crippen LogP contribution in [0.5, 0.6) is 0 Å². The van der Waals surface area contributed by atoms with Gasteiger partial charge in [-0.2, -0.15) is 0 Å². The van der Waals surface area contributed by atoms with Crippen molar-refractivity contribution in [3.8, 4) is 0 Å². The highest BCUT2D eigenvalue weighted by Crippen LogP contribution is 2.11. The summed E-state index contributed by atoms with van der Waals surface area (Å²) in [7, 11) is 0. The number of hydrogen-bond donors (Lipinski definition) is 0. The summed E-state index contributed by atoms with van der Waals surface area (Å²) in [6.45, 7) is 1.04. The average Bonchev–Trinajstić information content (AvgIpc) is 2.23. The lowest BCUT2D eigenvalue weighted by Crippen LogP contribution is -1.95. The quantitative estimate of drug-likeness (QED) is 0.644. The molecule has 0 bridgehead atoms. The molecule has 0 aliphatic carbocycles. The van der Waals surface area contributed by atoms with Gasteiger partial charge < -0.3 is 4.74 Å². The fourth-order valence-corrected chi connectivity index (χ4v) is 1.51. The Morgan fingerprint density at radius 2 is 2.07 bits per heavy atom. The summed E-state index contributed by atoms with van der Waals surface area (Å²) in [5.41, 5.74) is 1.08. The van der Waals surface area contributed by atoms with Crippen molar-refractivity contribution in [1.29, 1.82) is 0 Å². The zero-order valence-corrected chi connectivity index (χ0v) is 9.47. The number of ether oxygens (including phenoxy) is 1. The maximum Gasteiger partial charge on any atom is 0.0894 e. The van der Waals surface area contributed by atoms with Gasteiger partial charge >= 0.3 is 0 Å². The Hall–Kier alpha value is -0.600. The van der Waals surface area contributed by atoms with Crippen molar-refractivity contribution in [3.05, 3.63) is 34.9 Å². The minimum absolute atomic E-state index is 0.228. The first-order chi connectivity index (χ1) is 7.33. The van der Waals surface area contributed by atoms with Crippen LogP contribution in [0.1, 0.15) is 24.8 Å². The maximum atomic E-state index is 11.8. The second kappa shape index (κ2) is 7.66. The smallest absolute Gasteiger partial charge is 0.0894 e. The van der Waals surface area contributed by atoms with E-state index in [1.807, 2.05) is 24.3 Å². The lowest BCUT2D eigenvalue weighted by molar-refractivity contribution is 0.116. The zero-order valence-electron chi connectivity index (χ0n) is 8.72. The van der Waals surface area contributed by atoms with Gasteiger partial charge in [0.2, 0.25) is 0 Å². The second-order valence-corrected chi connectivity index (χ2v) is 3.87. The van der Waals surface area contributed by atoms with Crippen LogP contribution in [0.25, 0.3) is 0 Å². The number of benzene rings is 1. The molecule has 0 amide bonds. The van der Waals surface area contributed by atoms with E-state index in [4.69, 9.17) is 16.3 Å². The molecule has 0 unspecified atom stereocenters. The van der Waals surface area contributed by atoms with Crippen LogP contribution in [0.15, 0.2) is 24.3 Å². The van der Waals surface area contributed by atoms with Crippen molar-refractivity contribution >= 4 is 11.6 Å². The van der Waals surface area contributed by atoms with Gasteiger partial charge in [-0.25, -0.2) is 0 Å². The van der Waals surface area contributed by atoms with Crippen molar-refractivity contribution in [2.24, 2.45) is 0 Å². The fourth-order valence-electron chi connectivity index (χ4n) is 1.29. The normalized spacial score (nSPS) is 10.5. The van der Waals surface area contributed by atoms with E-state index in [1.54, 1.807) is 0 Å². The van der Waals surface area contributed by atoms with Crippen molar-refractivity contribution < 1.29 is 9.13 Å². The van der Waals surface area contributed by atoms with Crippen molar-refractivity contribution in [2.75, 3.05) is 13.3 Å². The molecular weight excluding hydrogens is 215 g/mol. The highest BCUT2D eigenvalue weighted by Gasteiger charge is 1.94. The summed E-state index contributed by atoms with van der Waals surface area (Å²) in [5.74, 6) is 0. The molecule has 1 aromatic rings. The first-order valence-corrected chi connectivity index (χ1v) is 5.59. The van der Waals surface area contributed by atoms with E-state index in [-0.39, 0.29) is 6.67 Å². The van der Waals surface area contributed by atoms with E-state index in [0.29, 0.717) is 19.6 Å². The Kier molecular flexibility index (Phi) is 6.37. The van der Waals surface area contributed by atoms with Gasteiger partial charge in [-0.15, -0.1) is 0 Å². The Morgan fingerprint density at radius 3 is 2.80 bits per heavy atom. The molecule has 0 saturated carbocycles. The highest BCUT2D eigenvalue weighted by atomic mass is 35.5. The SMILES string of the molecule is FCCCCCOCc1cccc(Cl)c1. The van der Waals surface area contributed by atoms with Crippen molar-refractivity contribution in [3.63, 3.8) is 0 Å². The standard InChI is InChI=1S/C12H16ClFO/c13-12-6-4-5-11(9-12)10-15-8-3-1-2-7-14/h4-6,9H,1-3,7-8,10H2. The molecule has 1 nitrogen and oxygen atoms in total. The third kappa shape index (κ3) is 5.75. The van der Waals surface area contributed by atoms with Gasteiger partial charge in [-0.1, -0.05) is 23.7 Å². The van der Waals surface area contributed by atoms with Crippen LogP contribution in [0.2, 0.25) is 5.02 Å². The fraction of sp³-hybridized carbons (Fsp3) is 0.500. The zero-order chi connectivity index (χ0) is 10.9. The molecule has 1 rings (SSSR count). The maximum absolute atomic E-state index is 11.8. The van der Waals surface area contributed by atoms with Gasteiger partial charge in [0.1, 0.15) is 0 Å². The largest absolute Gasteiger partial charge is 0.377 e. The molecule has 0 fully saturated rings. The summed E-state index contributed by atoms with van der Waals surface area (Å²) in [5, 5.41) is 0.730. The van der Waals surface area contributed by atoms with Crippen LogP contribution in [0, 0.1) is 0 Å². The number of alkyl halides is 1. The van der Waals surface area contributed by atoms with Crippen LogP contribution < -0.4 is 0 Å². The Morgan fingerprint density at radius 1 is 1.20 bits per heavy atom. The molecule has 0 aliphatic rings. The predicted molar refractivity (Wildman–Crippen MR) is 60.9 cm³/mol. The Bertz CT molecular complexity index is 278. The van der Waals surface area contributed by atoms with Gasteiger partial charge in [0, 0.05) is 11.6 Å². The Labute approximate surface area is 95.2 Å². The van der Waals surface area contributed by atoms with Crippen LogP contribution >= 0.6 is 11.6 Å². The molecule has 15 heavy (non-hydrogen) atoms. The monoisotopic (exact) mass is 230 g/mol. The van der Waals surface area contributed by atoms with Crippen LogP contribution in [0.4, 0.5) is 4.39 Å². The average molecular weight is 231 g/mol. The summed E-state index contributed by atoms with van der Waals surface area (Å²) in [6, 6.07) is 7.62. The first kappa shape index (κ1) is 12.5. The number of unbranched alkanes of at least 4 members (excludes halogenated alkanes) is 2. The Balaban J connectivity index is 2.10. The van der Waals surface area contributed by atoms with Crippen LogP contribution in [-0.4, -0.2) is 13.3 Å². The van der Waals surface area contributed by atoms with Gasteiger partial charge in [0.25, 0.3) is 0 Å². The lowest BCUT2D eigenvalue weighted by atomic mass is 10.2. The van der Waals surface area contributed by atoms with E-state index < -0.39 is 0 Å². The summed E-state index contributed by atoms with van der Waals surface area (Å²) < 4.78 is 17.2. The lowest BCUT2D eigenvalue weighted by Gasteiger charge is -2.04. The van der Waals surface area contributed by atoms with E-state index >= 15 is 0 Å². The van der Waals surface area contributed by atoms with Gasteiger partial charge in [-0.3, -0.25) is 4.39 Å². The summed E-state index contributed by atoms with van der Waals surface area (Å²) in [6.07, 6.45) is 2.46. The molecular formula is C12H16ClFO. The minimum atomic E-state index is -0.228. The molecule has 0 atom stereocenters. The number of halogens is 2. The second-order valence-electron chi connectivity index (χ2n) is 3.43. The topological polar surface area (TPSA) is 9.23 Å². The summed E-state index contributed by atoms with van der Waals surface area (Å²) >= 11 is 5.83. The molecule has 0 heterocycles. The molecule has 0 aromatic heterocycles. The van der Waals surface area contributed by atoms with Gasteiger partial charge in [-0.05, 0) is 37.0 Å². The first-order valence-electron chi connectivity index (χ1n) is 5.21. The molecule has 0 aliphatic heterocycles. The van der Waals surface area contributed by atoms with Crippen LogP contribution in [-0.2, 0) is 11.3 Å². The predicted octanol–water partition coefficient (Wildman–Crippen LogP) is 4.00. The molecule has 3 heteroatoms. The third-order valence-electron chi connectivity index (χ3n) is 2.08. The molecule has 0 radical (unpaired) electrons. The van der Waals surface area contributed by atoms with Gasteiger partial charge in [0.05, 0.1) is 13.3 Å². The highest BCUT2D eigenvalue weighted by molar-refractivity contribution is 6.30. The van der Waals surface area contributed by atoms with Crippen molar-refractivity contribution in [1.82, 2.24) is 0 Å². The van der Waals surface area contributed by atoms with Crippen LogP contribution in [0.3, 0.4) is 0 Å². The van der Waals surface area contributed by atoms with Gasteiger partial charge in [0.15, 0.2) is 0 Å². The molecule has 0 N–H and O–H groups in total. The van der Waals surface area contributed by atoms with E-state index in [1.165, 1.54) is 0 Å². The minimum Gasteiger partial charge on any atom is -0.377 e. The number of rotatable bonds is 7. The molecule has 1 aromatic carbocycles.